The lowest BCUT2D eigenvalue weighted by molar-refractivity contribution is 0.102. The highest BCUT2D eigenvalue weighted by Gasteiger charge is 2.11. The van der Waals surface area contributed by atoms with Crippen molar-refractivity contribution in [2.45, 2.75) is 6.92 Å². The van der Waals surface area contributed by atoms with E-state index in [4.69, 9.17) is 0 Å². The SMILES string of the molecule is Cc1csc(C(=O)Nc2cccc3cccnc23)n1. The Balaban J connectivity index is 1.95. The van der Waals surface area contributed by atoms with Gasteiger partial charge in [-0.1, -0.05) is 18.2 Å². The van der Waals surface area contributed by atoms with Crippen LogP contribution in [0, 0.1) is 6.92 Å². The number of aromatic nitrogens is 2. The second kappa shape index (κ2) is 4.78. The van der Waals surface area contributed by atoms with Gasteiger partial charge in [0.2, 0.25) is 0 Å². The first kappa shape index (κ1) is 11.8. The van der Waals surface area contributed by atoms with E-state index in [1.54, 1.807) is 6.20 Å². The van der Waals surface area contributed by atoms with Crippen LogP contribution < -0.4 is 5.32 Å². The first-order valence-electron chi connectivity index (χ1n) is 5.81. The Morgan fingerprint density at radius 1 is 1.26 bits per heavy atom. The average Bonchev–Trinajstić information content (AvgIpc) is 2.86. The third kappa shape index (κ3) is 2.32. The van der Waals surface area contributed by atoms with Gasteiger partial charge in [-0.15, -0.1) is 11.3 Å². The van der Waals surface area contributed by atoms with E-state index in [1.165, 1.54) is 11.3 Å². The molecule has 0 aliphatic carbocycles. The number of thiazole rings is 1. The number of hydrogen-bond acceptors (Lipinski definition) is 4. The number of benzene rings is 1. The number of para-hydroxylation sites is 1. The van der Waals surface area contributed by atoms with Crippen LogP contribution >= 0.6 is 11.3 Å². The summed E-state index contributed by atoms with van der Waals surface area (Å²) >= 11 is 1.34. The van der Waals surface area contributed by atoms with Crippen molar-refractivity contribution >= 4 is 33.8 Å². The maximum atomic E-state index is 12.1. The van der Waals surface area contributed by atoms with Crippen LogP contribution in [0.15, 0.2) is 41.9 Å². The van der Waals surface area contributed by atoms with Crippen LogP contribution in [0.4, 0.5) is 5.69 Å². The van der Waals surface area contributed by atoms with E-state index in [1.807, 2.05) is 42.6 Å². The molecule has 0 saturated carbocycles. The Kier molecular flexibility index (Phi) is 2.97. The van der Waals surface area contributed by atoms with E-state index in [2.05, 4.69) is 15.3 Å². The minimum absolute atomic E-state index is 0.198. The smallest absolute Gasteiger partial charge is 0.284 e. The molecule has 1 N–H and O–H groups in total. The molecule has 4 nitrogen and oxygen atoms in total. The average molecular weight is 269 g/mol. The third-order valence-electron chi connectivity index (χ3n) is 2.69. The molecular weight excluding hydrogens is 258 g/mol. The molecule has 0 aliphatic heterocycles. The predicted octanol–water partition coefficient (Wildman–Crippen LogP) is 3.25. The van der Waals surface area contributed by atoms with Crippen LogP contribution in [-0.2, 0) is 0 Å². The summed E-state index contributed by atoms with van der Waals surface area (Å²) in [4.78, 5) is 20.6. The lowest BCUT2D eigenvalue weighted by Crippen LogP contribution is -2.12. The van der Waals surface area contributed by atoms with Gasteiger partial charge in [-0.05, 0) is 19.1 Å². The van der Waals surface area contributed by atoms with Crippen LogP contribution in [0.1, 0.15) is 15.5 Å². The number of rotatable bonds is 2. The summed E-state index contributed by atoms with van der Waals surface area (Å²) < 4.78 is 0. The molecule has 3 aromatic rings. The van der Waals surface area contributed by atoms with Gasteiger partial charge in [-0.3, -0.25) is 9.78 Å². The zero-order valence-corrected chi connectivity index (χ0v) is 11.1. The standard InChI is InChI=1S/C14H11N3OS/c1-9-8-19-14(16-9)13(18)17-11-6-2-4-10-5-3-7-15-12(10)11/h2-8H,1H3,(H,17,18). The Morgan fingerprint density at radius 2 is 2.11 bits per heavy atom. The van der Waals surface area contributed by atoms with Gasteiger partial charge in [0.05, 0.1) is 11.2 Å². The first-order chi connectivity index (χ1) is 9.24. The summed E-state index contributed by atoms with van der Waals surface area (Å²) in [5.74, 6) is -0.198. The number of nitrogens with zero attached hydrogens (tertiary/aromatic N) is 2. The monoisotopic (exact) mass is 269 g/mol. The molecule has 0 fully saturated rings. The number of carbonyl (C=O) groups is 1. The highest BCUT2D eigenvalue weighted by molar-refractivity contribution is 7.11. The number of aryl methyl sites for hydroxylation is 1. The van der Waals surface area contributed by atoms with Crippen molar-refractivity contribution in [2.75, 3.05) is 5.32 Å². The van der Waals surface area contributed by atoms with Crippen molar-refractivity contribution < 1.29 is 4.79 Å². The highest BCUT2D eigenvalue weighted by atomic mass is 32.1. The van der Waals surface area contributed by atoms with Gasteiger partial charge in [-0.25, -0.2) is 4.98 Å². The fourth-order valence-corrected chi connectivity index (χ4v) is 2.53. The van der Waals surface area contributed by atoms with E-state index < -0.39 is 0 Å². The van der Waals surface area contributed by atoms with E-state index in [-0.39, 0.29) is 5.91 Å². The Hall–Kier alpha value is -2.27. The zero-order chi connectivity index (χ0) is 13.2. The van der Waals surface area contributed by atoms with Crippen LogP contribution in [0.3, 0.4) is 0 Å². The zero-order valence-electron chi connectivity index (χ0n) is 10.3. The van der Waals surface area contributed by atoms with Gasteiger partial charge >= 0.3 is 0 Å². The summed E-state index contributed by atoms with van der Waals surface area (Å²) in [6.07, 6.45) is 1.71. The Bertz CT molecular complexity index is 746. The fourth-order valence-electron chi connectivity index (χ4n) is 1.84. The molecule has 3 rings (SSSR count). The third-order valence-corrected chi connectivity index (χ3v) is 3.65. The second-order valence-electron chi connectivity index (χ2n) is 4.13. The number of amides is 1. The van der Waals surface area contributed by atoms with Gasteiger partial charge in [0.1, 0.15) is 0 Å². The molecule has 1 amide bonds. The Morgan fingerprint density at radius 3 is 2.89 bits per heavy atom. The molecule has 19 heavy (non-hydrogen) atoms. The molecule has 1 aromatic carbocycles. The largest absolute Gasteiger partial charge is 0.318 e. The fraction of sp³-hybridized carbons (Fsp3) is 0.0714. The second-order valence-corrected chi connectivity index (χ2v) is 4.99. The minimum Gasteiger partial charge on any atom is -0.318 e. The highest BCUT2D eigenvalue weighted by Crippen LogP contribution is 2.21. The molecule has 2 heterocycles. The molecule has 5 heteroatoms. The number of anilines is 1. The predicted molar refractivity (Wildman–Crippen MR) is 76.5 cm³/mol. The van der Waals surface area contributed by atoms with E-state index in [0.29, 0.717) is 10.7 Å². The van der Waals surface area contributed by atoms with Crippen molar-refractivity contribution in [1.29, 1.82) is 0 Å². The molecule has 0 atom stereocenters. The normalized spacial score (nSPS) is 10.6. The van der Waals surface area contributed by atoms with E-state index in [0.717, 1.165) is 16.6 Å². The summed E-state index contributed by atoms with van der Waals surface area (Å²) in [5.41, 5.74) is 2.34. The summed E-state index contributed by atoms with van der Waals surface area (Å²) in [6.45, 7) is 1.87. The molecular formula is C14H11N3OS. The quantitative estimate of drug-likeness (QED) is 0.777. The maximum absolute atomic E-state index is 12.1. The van der Waals surface area contributed by atoms with Crippen molar-refractivity contribution in [3.8, 4) is 0 Å². The molecule has 2 aromatic heterocycles. The van der Waals surface area contributed by atoms with Crippen LogP contribution in [0.2, 0.25) is 0 Å². The minimum atomic E-state index is -0.198. The molecule has 94 valence electrons. The molecule has 0 bridgehead atoms. The molecule has 0 aliphatic rings. The van der Waals surface area contributed by atoms with Crippen molar-refractivity contribution in [3.63, 3.8) is 0 Å². The maximum Gasteiger partial charge on any atom is 0.284 e. The van der Waals surface area contributed by atoms with Crippen LogP contribution in [0.5, 0.6) is 0 Å². The van der Waals surface area contributed by atoms with Crippen molar-refractivity contribution in [3.05, 3.63) is 52.6 Å². The van der Waals surface area contributed by atoms with Gasteiger partial charge < -0.3 is 5.32 Å². The molecule has 0 spiro atoms. The number of pyridine rings is 1. The van der Waals surface area contributed by atoms with Crippen LogP contribution in [-0.4, -0.2) is 15.9 Å². The first-order valence-corrected chi connectivity index (χ1v) is 6.69. The summed E-state index contributed by atoms with van der Waals surface area (Å²) in [7, 11) is 0. The number of hydrogen-bond donors (Lipinski definition) is 1. The lowest BCUT2D eigenvalue weighted by atomic mass is 10.2. The van der Waals surface area contributed by atoms with Gasteiger partial charge in [0.15, 0.2) is 5.01 Å². The van der Waals surface area contributed by atoms with Crippen LogP contribution in [0.25, 0.3) is 10.9 Å². The molecule has 0 radical (unpaired) electrons. The topological polar surface area (TPSA) is 54.9 Å². The van der Waals surface area contributed by atoms with Gasteiger partial charge in [-0.2, -0.15) is 0 Å². The summed E-state index contributed by atoms with van der Waals surface area (Å²) in [6, 6.07) is 9.54. The number of nitrogens with one attached hydrogen (secondary N) is 1. The summed E-state index contributed by atoms with van der Waals surface area (Å²) in [5, 5.41) is 6.18. The van der Waals surface area contributed by atoms with Gasteiger partial charge in [0, 0.05) is 22.7 Å². The van der Waals surface area contributed by atoms with Crippen molar-refractivity contribution in [2.24, 2.45) is 0 Å². The number of carbonyl (C=O) groups excluding carboxylic acids is 1. The lowest BCUT2D eigenvalue weighted by Gasteiger charge is -2.06. The molecule has 0 unspecified atom stereocenters. The van der Waals surface area contributed by atoms with Crippen molar-refractivity contribution in [1.82, 2.24) is 9.97 Å². The van der Waals surface area contributed by atoms with E-state index in [9.17, 15) is 4.79 Å². The van der Waals surface area contributed by atoms with E-state index >= 15 is 0 Å². The molecule has 0 saturated heterocycles. The van der Waals surface area contributed by atoms with Gasteiger partial charge in [0.25, 0.3) is 5.91 Å². The Labute approximate surface area is 114 Å². The number of fused-ring (bicyclic) bond motifs is 1.